The van der Waals surface area contributed by atoms with Crippen molar-refractivity contribution in [2.75, 3.05) is 0 Å². The molecule has 3 fully saturated rings. The molecule has 0 saturated heterocycles. The molecule has 3 saturated carbocycles. The number of benzene rings is 2. The molecular formula is C28H35Br2NO4. The van der Waals surface area contributed by atoms with Crippen LogP contribution in [0.3, 0.4) is 0 Å². The lowest BCUT2D eigenvalue weighted by molar-refractivity contribution is -0.139. The lowest BCUT2D eigenvalue weighted by atomic mass is 9.85. The van der Waals surface area contributed by atoms with E-state index >= 15 is 0 Å². The van der Waals surface area contributed by atoms with E-state index in [1.165, 1.54) is 32.1 Å². The molecule has 0 aliphatic heterocycles. The van der Waals surface area contributed by atoms with Crippen LogP contribution in [-0.4, -0.2) is 28.2 Å². The molecule has 7 heteroatoms. The molecule has 3 aliphatic rings. The fraction of sp³-hybridized carbons (Fsp3) is 0.500. The van der Waals surface area contributed by atoms with Gasteiger partial charge in [-0.15, -0.1) is 0 Å². The fourth-order valence-corrected chi connectivity index (χ4v) is 5.28. The van der Waals surface area contributed by atoms with Crippen molar-refractivity contribution in [3.8, 4) is 0 Å². The predicted molar refractivity (Wildman–Crippen MR) is 145 cm³/mol. The quantitative estimate of drug-likeness (QED) is 0.333. The van der Waals surface area contributed by atoms with Crippen molar-refractivity contribution in [2.24, 2.45) is 23.5 Å². The van der Waals surface area contributed by atoms with Crippen LogP contribution in [0.1, 0.15) is 74.8 Å². The second kappa shape index (κ2) is 13.0. The zero-order valence-electron chi connectivity index (χ0n) is 20.1. The van der Waals surface area contributed by atoms with Crippen molar-refractivity contribution in [3.05, 3.63) is 68.6 Å². The van der Waals surface area contributed by atoms with Gasteiger partial charge in [0.15, 0.2) is 0 Å². The van der Waals surface area contributed by atoms with E-state index in [0.717, 1.165) is 38.8 Å². The highest BCUT2D eigenvalue weighted by atomic mass is 79.9. The standard InChI is InChI=1S/2C10H9BrO2.C8H17N/c2*11-7-3-1-6(2-4-7)8-5-9(8)10(12)13;1-7(9)8-5-3-2-4-6-8/h2*1-4,8-9H,5H2,(H,12,13);7-8H,2-6,9H2,1H3/t8-,9+;;7-/m1.1/s1. The molecular weight excluding hydrogens is 574 g/mol. The maximum absolute atomic E-state index is 10.6. The summed E-state index contributed by atoms with van der Waals surface area (Å²) in [5.74, 6) is -0.335. The van der Waals surface area contributed by atoms with Crippen molar-refractivity contribution in [3.63, 3.8) is 0 Å². The average molecular weight is 609 g/mol. The number of rotatable bonds is 5. The molecule has 5 rings (SSSR count). The van der Waals surface area contributed by atoms with E-state index in [-0.39, 0.29) is 23.7 Å². The van der Waals surface area contributed by atoms with Gasteiger partial charge in [-0.3, -0.25) is 9.59 Å². The second-order valence-corrected chi connectivity index (χ2v) is 11.8. The van der Waals surface area contributed by atoms with Gasteiger partial charge in [0.2, 0.25) is 0 Å². The van der Waals surface area contributed by atoms with Crippen LogP contribution in [-0.2, 0) is 9.59 Å². The Bertz CT molecular complexity index is 902. The summed E-state index contributed by atoms with van der Waals surface area (Å²) in [7, 11) is 0. The summed E-state index contributed by atoms with van der Waals surface area (Å²) >= 11 is 6.69. The molecule has 0 bridgehead atoms. The van der Waals surface area contributed by atoms with E-state index < -0.39 is 11.9 Å². The fourth-order valence-electron chi connectivity index (χ4n) is 4.75. The Morgan fingerprint density at radius 3 is 1.40 bits per heavy atom. The molecule has 0 aromatic heterocycles. The monoisotopic (exact) mass is 607 g/mol. The molecule has 5 nitrogen and oxygen atoms in total. The summed E-state index contributed by atoms with van der Waals surface area (Å²) in [6.07, 6.45) is 8.57. The van der Waals surface area contributed by atoms with E-state index in [1.54, 1.807) is 0 Å². The first-order valence-electron chi connectivity index (χ1n) is 12.4. The molecule has 0 amide bonds. The number of nitrogens with two attached hydrogens (primary N) is 1. The van der Waals surface area contributed by atoms with Crippen LogP contribution in [0.15, 0.2) is 57.5 Å². The number of halogens is 2. The first-order valence-corrected chi connectivity index (χ1v) is 14.0. The van der Waals surface area contributed by atoms with Crippen molar-refractivity contribution in [1.82, 2.24) is 0 Å². The van der Waals surface area contributed by atoms with Gasteiger partial charge < -0.3 is 15.9 Å². The summed E-state index contributed by atoms with van der Waals surface area (Å²) in [5.41, 5.74) is 8.04. The Morgan fingerprint density at radius 1 is 0.771 bits per heavy atom. The summed E-state index contributed by atoms with van der Waals surface area (Å²) < 4.78 is 2.06. The molecule has 2 aromatic rings. The van der Waals surface area contributed by atoms with E-state index in [1.807, 2.05) is 48.5 Å². The van der Waals surface area contributed by atoms with Gasteiger partial charge in [0.1, 0.15) is 0 Å². The highest BCUT2D eigenvalue weighted by Gasteiger charge is 2.44. The summed E-state index contributed by atoms with van der Waals surface area (Å²) in [6, 6.07) is 16.2. The molecule has 2 unspecified atom stereocenters. The number of hydrogen-bond acceptors (Lipinski definition) is 3. The van der Waals surface area contributed by atoms with Gasteiger partial charge in [-0.1, -0.05) is 75.4 Å². The van der Waals surface area contributed by atoms with Crippen molar-refractivity contribution >= 4 is 43.8 Å². The minimum absolute atomic E-state index is 0.152. The molecule has 0 spiro atoms. The van der Waals surface area contributed by atoms with Gasteiger partial charge in [0.25, 0.3) is 0 Å². The molecule has 190 valence electrons. The average Bonchev–Trinajstić information content (AvgIpc) is 3.75. The topological polar surface area (TPSA) is 101 Å². The first kappa shape index (κ1) is 27.9. The molecule has 0 heterocycles. The zero-order valence-corrected chi connectivity index (χ0v) is 23.2. The summed E-state index contributed by atoms with van der Waals surface area (Å²) in [6.45, 7) is 2.13. The number of carbonyl (C=O) groups is 2. The minimum Gasteiger partial charge on any atom is -0.481 e. The van der Waals surface area contributed by atoms with E-state index in [4.69, 9.17) is 15.9 Å². The van der Waals surface area contributed by atoms with Crippen LogP contribution in [0.5, 0.6) is 0 Å². The van der Waals surface area contributed by atoms with Gasteiger partial charge in [-0.25, -0.2) is 0 Å². The van der Waals surface area contributed by atoms with Crippen molar-refractivity contribution < 1.29 is 19.8 Å². The maximum Gasteiger partial charge on any atom is 0.307 e. The molecule has 5 atom stereocenters. The molecule has 2 aromatic carbocycles. The van der Waals surface area contributed by atoms with Crippen molar-refractivity contribution in [2.45, 2.75) is 69.7 Å². The Kier molecular flexibility index (Phi) is 10.4. The normalized spacial score (nSPS) is 25.7. The number of aliphatic carboxylic acids is 2. The predicted octanol–water partition coefficient (Wildman–Crippen LogP) is 7.19. The smallest absolute Gasteiger partial charge is 0.307 e. The Hall–Kier alpha value is -1.70. The molecule has 3 aliphatic carbocycles. The van der Waals surface area contributed by atoms with Crippen molar-refractivity contribution in [1.29, 1.82) is 0 Å². The third-order valence-electron chi connectivity index (χ3n) is 7.20. The van der Waals surface area contributed by atoms with Gasteiger partial charge in [-0.05, 0) is 85.8 Å². The third-order valence-corrected chi connectivity index (χ3v) is 8.26. The van der Waals surface area contributed by atoms with E-state index in [9.17, 15) is 9.59 Å². The maximum atomic E-state index is 10.6. The Morgan fingerprint density at radius 2 is 1.14 bits per heavy atom. The van der Waals surface area contributed by atoms with Crippen LogP contribution >= 0.6 is 31.9 Å². The highest BCUT2D eigenvalue weighted by Crippen LogP contribution is 2.48. The van der Waals surface area contributed by atoms with Crippen LogP contribution in [0.2, 0.25) is 0 Å². The minimum atomic E-state index is -0.673. The van der Waals surface area contributed by atoms with Crippen LogP contribution < -0.4 is 5.73 Å². The SMILES string of the molecule is C[C@@H](N)C1CCCCC1.O=C(O)C1CC1c1ccc(Br)cc1.O=C(O)[C@H]1C[C@@H]1c1ccc(Br)cc1. The Balaban J connectivity index is 0.000000150. The summed E-state index contributed by atoms with van der Waals surface area (Å²) in [4.78, 5) is 21.2. The van der Waals surface area contributed by atoms with Crippen LogP contribution in [0.4, 0.5) is 0 Å². The second-order valence-electron chi connectivity index (χ2n) is 9.93. The van der Waals surface area contributed by atoms with E-state index in [2.05, 4.69) is 38.8 Å². The molecule has 0 radical (unpaired) electrons. The van der Waals surface area contributed by atoms with Gasteiger partial charge in [0.05, 0.1) is 11.8 Å². The van der Waals surface area contributed by atoms with Gasteiger partial charge in [0, 0.05) is 15.0 Å². The highest BCUT2D eigenvalue weighted by molar-refractivity contribution is 9.10. The summed E-state index contributed by atoms with van der Waals surface area (Å²) in [5, 5.41) is 17.5. The lowest BCUT2D eigenvalue weighted by Gasteiger charge is -2.24. The number of carboxylic acid groups (broad SMARTS) is 2. The molecule has 35 heavy (non-hydrogen) atoms. The third kappa shape index (κ3) is 8.72. The van der Waals surface area contributed by atoms with Crippen LogP contribution in [0, 0.1) is 17.8 Å². The largest absolute Gasteiger partial charge is 0.481 e. The van der Waals surface area contributed by atoms with E-state index in [0.29, 0.717) is 6.04 Å². The lowest BCUT2D eigenvalue weighted by Crippen LogP contribution is -2.27. The van der Waals surface area contributed by atoms with Gasteiger partial charge in [-0.2, -0.15) is 0 Å². The van der Waals surface area contributed by atoms with Crippen LogP contribution in [0.25, 0.3) is 0 Å². The number of hydrogen-bond donors (Lipinski definition) is 3. The van der Waals surface area contributed by atoms with Gasteiger partial charge >= 0.3 is 11.9 Å². The Labute approximate surface area is 224 Å². The zero-order chi connectivity index (χ0) is 25.5. The first-order chi connectivity index (χ1) is 16.7. The molecule has 4 N–H and O–H groups in total. The number of carboxylic acids is 2.